The second-order valence-corrected chi connectivity index (χ2v) is 9.65. The van der Waals surface area contributed by atoms with Gasteiger partial charge in [-0.3, -0.25) is 9.88 Å². The minimum Gasteiger partial charge on any atom is -0.476 e. The van der Waals surface area contributed by atoms with Gasteiger partial charge in [0.05, 0.1) is 17.9 Å². The highest BCUT2D eigenvalue weighted by atomic mass is 19.4. The van der Waals surface area contributed by atoms with Crippen LogP contribution in [0.15, 0.2) is 36.5 Å². The fourth-order valence-electron chi connectivity index (χ4n) is 4.06. The molecule has 1 atom stereocenters. The number of rotatable bonds is 6. The molecule has 2 fully saturated rings. The van der Waals surface area contributed by atoms with E-state index in [0.29, 0.717) is 12.5 Å². The van der Waals surface area contributed by atoms with E-state index < -0.39 is 42.3 Å². The van der Waals surface area contributed by atoms with Gasteiger partial charge in [-0.2, -0.15) is 39.5 Å². The number of aryl methyl sites for hydroxylation is 1. The number of carbonyl (C=O) groups is 3. The molecule has 4 rings (SSSR count). The van der Waals surface area contributed by atoms with Gasteiger partial charge in [-0.1, -0.05) is 6.07 Å². The number of carboxylic acids is 3. The van der Waals surface area contributed by atoms with Crippen molar-refractivity contribution in [3.63, 3.8) is 0 Å². The van der Waals surface area contributed by atoms with Crippen LogP contribution in [0.25, 0.3) is 0 Å². The van der Waals surface area contributed by atoms with Crippen LogP contribution in [0.2, 0.25) is 0 Å². The lowest BCUT2D eigenvalue weighted by Gasteiger charge is -2.50. The minimum atomic E-state index is -5.08. The molecule has 11 nitrogen and oxygen atoms in total. The molecule has 264 valence electrons. The van der Waals surface area contributed by atoms with Crippen molar-refractivity contribution in [2.24, 2.45) is 5.92 Å². The molecule has 0 bridgehead atoms. The highest BCUT2D eigenvalue weighted by molar-refractivity contribution is 5.73. The zero-order chi connectivity index (χ0) is 36.2. The molecule has 2 saturated heterocycles. The van der Waals surface area contributed by atoms with Crippen molar-refractivity contribution in [2.75, 3.05) is 26.3 Å². The van der Waals surface area contributed by atoms with E-state index >= 15 is 0 Å². The SMILES string of the molecule is Cc1cccc(CN2CC3(C2)OCCC3CCOc2ncccc2F)n1.O=C(O)C(F)(F)F.O=C(O)C(F)(F)F.O=C(O)C(F)(F)F. The van der Waals surface area contributed by atoms with E-state index in [1.165, 1.54) is 6.07 Å². The van der Waals surface area contributed by atoms with Gasteiger partial charge in [-0.05, 0) is 49.9 Å². The quantitative estimate of drug-likeness (QED) is 0.353. The summed E-state index contributed by atoms with van der Waals surface area (Å²) in [6.45, 7) is 5.97. The van der Waals surface area contributed by atoms with Crippen LogP contribution in [0.4, 0.5) is 43.9 Å². The van der Waals surface area contributed by atoms with Crippen LogP contribution in [0.1, 0.15) is 24.2 Å². The van der Waals surface area contributed by atoms with Gasteiger partial charge in [-0.15, -0.1) is 0 Å². The standard InChI is InChI=1S/C20H24FN3O2.3C2HF3O2/c1-15-4-2-5-17(23-15)12-24-13-20(14-24)16(8-11-26-20)7-10-25-19-18(21)6-3-9-22-19;3*3-2(4,5)1(6)7/h2-6,9,16H,7-8,10-14H2,1H3;3*(H,6,7). The van der Waals surface area contributed by atoms with Gasteiger partial charge in [0.15, 0.2) is 5.82 Å². The number of likely N-dealkylation sites (tertiary alicyclic amines) is 1. The molecule has 3 N–H and O–H groups in total. The van der Waals surface area contributed by atoms with Gasteiger partial charge in [0.1, 0.15) is 0 Å². The Morgan fingerprint density at radius 3 is 1.87 bits per heavy atom. The van der Waals surface area contributed by atoms with E-state index in [1.54, 1.807) is 12.3 Å². The van der Waals surface area contributed by atoms with Crippen molar-refractivity contribution >= 4 is 17.9 Å². The average molecular weight is 699 g/mol. The molecule has 21 heteroatoms. The molecular weight excluding hydrogens is 672 g/mol. The lowest BCUT2D eigenvalue weighted by Crippen LogP contribution is -2.64. The lowest BCUT2D eigenvalue weighted by molar-refractivity contribution is -0.193. The summed E-state index contributed by atoms with van der Waals surface area (Å²) in [4.78, 5) is 37.6. The first-order valence-corrected chi connectivity index (χ1v) is 12.9. The van der Waals surface area contributed by atoms with Crippen molar-refractivity contribution in [1.29, 1.82) is 0 Å². The molecule has 47 heavy (non-hydrogen) atoms. The van der Waals surface area contributed by atoms with E-state index in [1.807, 2.05) is 13.0 Å². The Morgan fingerprint density at radius 1 is 0.915 bits per heavy atom. The Kier molecular flexibility index (Phi) is 14.8. The first-order valence-electron chi connectivity index (χ1n) is 12.9. The summed E-state index contributed by atoms with van der Waals surface area (Å²) in [5, 5.41) is 21.4. The lowest BCUT2D eigenvalue weighted by atomic mass is 9.79. The van der Waals surface area contributed by atoms with Gasteiger partial charge < -0.3 is 24.8 Å². The predicted octanol–water partition coefficient (Wildman–Crippen LogP) is 4.88. The first-order chi connectivity index (χ1) is 21.5. The zero-order valence-electron chi connectivity index (χ0n) is 24.0. The summed E-state index contributed by atoms with van der Waals surface area (Å²) in [6, 6.07) is 9.07. The Hall–Kier alpha value is -4.27. The van der Waals surface area contributed by atoms with Crippen LogP contribution in [0.5, 0.6) is 5.88 Å². The first kappa shape index (κ1) is 40.8. The topological polar surface area (TPSA) is 159 Å². The molecule has 0 aliphatic carbocycles. The number of nitrogens with zero attached hydrogens (tertiary/aromatic N) is 3. The third-order valence-electron chi connectivity index (χ3n) is 6.07. The van der Waals surface area contributed by atoms with E-state index in [4.69, 9.17) is 39.2 Å². The van der Waals surface area contributed by atoms with Crippen molar-refractivity contribution < 1.29 is 83.1 Å². The van der Waals surface area contributed by atoms with Crippen molar-refractivity contribution in [1.82, 2.24) is 14.9 Å². The Balaban J connectivity index is 0.000000430. The number of aliphatic carboxylic acids is 3. The monoisotopic (exact) mass is 699 g/mol. The minimum absolute atomic E-state index is 0.0736. The van der Waals surface area contributed by atoms with E-state index in [-0.39, 0.29) is 11.5 Å². The molecule has 2 aliphatic heterocycles. The maximum absolute atomic E-state index is 13.6. The molecule has 1 spiro atoms. The number of hydrogen-bond acceptors (Lipinski definition) is 8. The fraction of sp³-hybridized carbons (Fsp3) is 0.500. The van der Waals surface area contributed by atoms with Crippen LogP contribution in [-0.4, -0.2) is 98.5 Å². The number of carboxylic acid groups (broad SMARTS) is 3. The molecule has 2 aromatic heterocycles. The maximum Gasteiger partial charge on any atom is 0.490 e. The summed E-state index contributed by atoms with van der Waals surface area (Å²) < 4.78 is 120. The third-order valence-corrected chi connectivity index (χ3v) is 6.07. The molecule has 0 aromatic carbocycles. The summed E-state index contributed by atoms with van der Waals surface area (Å²) in [7, 11) is 0. The van der Waals surface area contributed by atoms with Crippen LogP contribution in [0.3, 0.4) is 0 Å². The molecular formula is C26H27F10N3O8. The van der Waals surface area contributed by atoms with Gasteiger partial charge in [0.2, 0.25) is 5.88 Å². The van der Waals surface area contributed by atoms with Gasteiger partial charge in [0.25, 0.3) is 0 Å². The normalized spacial score (nSPS) is 17.0. The van der Waals surface area contributed by atoms with Gasteiger partial charge in [-0.25, -0.2) is 23.8 Å². The largest absolute Gasteiger partial charge is 0.490 e. The number of hydrogen-bond donors (Lipinski definition) is 3. The third kappa shape index (κ3) is 14.4. The molecule has 0 saturated carbocycles. The molecule has 2 aromatic rings. The van der Waals surface area contributed by atoms with Crippen molar-refractivity contribution in [3.8, 4) is 5.88 Å². The van der Waals surface area contributed by atoms with E-state index in [2.05, 4.69) is 27.0 Å². The molecule has 1 unspecified atom stereocenters. The van der Waals surface area contributed by atoms with Crippen molar-refractivity contribution in [2.45, 2.75) is 50.4 Å². The van der Waals surface area contributed by atoms with Crippen LogP contribution >= 0.6 is 0 Å². The van der Waals surface area contributed by atoms with Gasteiger partial charge in [0, 0.05) is 38.1 Å². The van der Waals surface area contributed by atoms with E-state index in [9.17, 15) is 43.9 Å². The molecule has 0 amide bonds. The number of aromatic nitrogens is 2. The van der Waals surface area contributed by atoms with E-state index in [0.717, 1.165) is 50.5 Å². The summed E-state index contributed by atoms with van der Waals surface area (Å²) in [5.74, 6) is -8.16. The maximum atomic E-state index is 13.6. The number of pyridine rings is 2. The molecule has 2 aliphatic rings. The Labute approximate surface area is 258 Å². The highest BCUT2D eigenvalue weighted by Crippen LogP contribution is 2.42. The summed E-state index contributed by atoms with van der Waals surface area (Å²) >= 11 is 0. The molecule has 4 heterocycles. The molecule has 0 radical (unpaired) electrons. The zero-order valence-corrected chi connectivity index (χ0v) is 24.0. The van der Waals surface area contributed by atoms with Crippen LogP contribution in [-0.2, 0) is 25.7 Å². The average Bonchev–Trinajstić information content (AvgIpc) is 3.33. The van der Waals surface area contributed by atoms with Crippen LogP contribution in [0, 0.1) is 18.7 Å². The Bertz CT molecular complexity index is 1280. The number of halogens is 10. The second-order valence-electron chi connectivity index (χ2n) is 9.65. The van der Waals surface area contributed by atoms with Crippen molar-refractivity contribution in [3.05, 3.63) is 53.7 Å². The number of ether oxygens (including phenoxy) is 2. The fourth-order valence-corrected chi connectivity index (χ4v) is 4.06. The summed E-state index contributed by atoms with van der Waals surface area (Å²) in [6.07, 6.45) is -11.8. The van der Waals surface area contributed by atoms with Crippen LogP contribution < -0.4 is 4.74 Å². The highest BCUT2D eigenvalue weighted by Gasteiger charge is 2.52. The second kappa shape index (κ2) is 17.0. The van der Waals surface area contributed by atoms with Gasteiger partial charge >= 0.3 is 36.4 Å². The Morgan fingerprint density at radius 2 is 1.43 bits per heavy atom. The number of alkyl halides is 9. The summed E-state index contributed by atoms with van der Waals surface area (Å²) in [5.41, 5.74) is 2.07. The predicted molar refractivity (Wildman–Crippen MR) is 136 cm³/mol. The smallest absolute Gasteiger partial charge is 0.476 e.